The molecule has 0 aromatic heterocycles. The number of nitro groups is 1. The van der Waals surface area contributed by atoms with Gasteiger partial charge in [0.1, 0.15) is 9.75 Å². The van der Waals surface area contributed by atoms with Gasteiger partial charge in [-0.05, 0) is 6.07 Å². The molecule has 0 unspecified atom stereocenters. The monoisotopic (exact) mass is 488 g/mol. The van der Waals surface area contributed by atoms with Crippen molar-refractivity contribution in [2.24, 2.45) is 11.8 Å². The third-order valence-electron chi connectivity index (χ3n) is 5.21. The number of nitrogens with zero attached hydrogens (tertiary/aromatic N) is 2. The van der Waals surface area contributed by atoms with Gasteiger partial charge in [-0.3, -0.25) is 19.7 Å². The highest BCUT2D eigenvalue weighted by molar-refractivity contribution is 6.67. The third kappa shape index (κ3) is 1.97. The number of hydrogen-bond donors (Lipinski definition) is 0. The molecule has 2 amide bonds. The van der Waals surface area contributed by atoms with Gasteiger partial charge in [0.25, 0.3) is 5.69 Å². The molecule has 0 radical (unpaired) electrons. The molecule has 142 valence electrons. The highest BCUT2D eigenvalue weighted by atomic mass is 35.5. The lowest BCUT2D eigenvalue weighted by molar-refractivity contribution is -0.384. The summed E-state index contributed by atoms with van der Waals surface area (Å²) in [7, 11) is 0. The maximum Gasteiger partial charge on any atom is 0.271 e. The van der Waals surface area contributed by atoms with Crippen LogP contribution >= 0.6 is 69.6 Å². The number of amides is 2. The van der Waals surface area contributed by atoms with Crippen LogP contribution in [0.5, 0.6) is 0 Å². The third-order valence-corrected chi connectivity index (χ3v) is 9.47. The molecule has 2 aliphatic carbocycles. The van der Waals surface area contributed by atoms with Crippen molar-refractivity contribution in [3.63, 3.8) is 0 Å². The highest BCUT2D eigenvalue weighted by Crippen LogP contribution is 2.77. The Morgan fingerprint density at radius 3 is 1.89 bits per heavy atom. The minimum Gasteiger partial charge on any atom is -0.274 e. The fraction of sp³-hybridized carbons (Fsp3) is 0.333. The first-order valence-corrected chi connectivity index (χ1v) is 9.63. The van der Waals surface area contributed by atoms with Crippen molar-refractivity contribution in [2.45, 2.75) is 14.1 Å². The van der Waals surface area contributed by atoms with E-state index in [1.807, 2.05) is 0 Å². The Bertz CT molecular complexity index is 935. The van der Waals surface area contributed by atoms with E-state index < -0.39 is 42.7 Å². The minimum absolute atomic E-state index is 0.00415. The molecule has 1 saturated carbocycles. The number of carbonyl (C=O) groups excluding carboxylic acids is 2. The lowest BCUT2D eigenvalue weighted by atomic mass is 9.84. The molecule has 1 aliphatic heterocycles. The molecule has 1 saturated heterocycles. The average Bonchev–Trinajstić information content (AvgIpc) is 2.99. The molecule has 0 N–H and O–H groups in total. The molecule has 1 aromatic rings. The van der Waals surface area contributed by atoms with Crippen LogP contribution in [0.25, 0.3) is 0 Å². The van der Waals surface area contributed by atoms with Crippen LogP contribution in [0.4, 0.5) is 11.4 Å². The van der Waals surface area contributed by atoms with Gasteiger partial charge in [-0.2, -0.15) is 0 Å². The van der Waals surface area contributed by atoms with Crippen molar-refractivity contribution in [3.8, 4) is 0 Å². The normalized spacial score (nSPS) is 36.6. The molecule has 12 heteroatoms. The molecular formula is C15H6Cl6N2O4. The number of halogens is 6. The van der Waals surface area contributed by atoms with Crippen molar-refractivity contribution >= 4 is 92.8 Å². The van der Waals surface area contributed by atoms with Crippen LogP contribution in [0.15, 0.2) is 34.3 Å². The number of fused-ring (bicyclic) bond motifs is 5. The van der Waals surface area contributed by atoms with Gasteiger partial charge in [-0.25, -0.2) is 4.90 Å². The maximum atomic E-state index is 13.1. The maximum absolute atomic E-state index is 13.1. The van der Waals surface area contributed by atoms with Crippen molar-refractivity contribution in [2.75, 3.05) is 4.90 Å². The van der Waals surface area contributed by atoms with E-state index in [2.05, 4.69) is 0 Å². The highest BCUT2D eigenvalue weighted by Gasteiger charge is 2.87. The van der Waals surface area contributed by atoms with E-state index >= 15 is 0 Å². The van der Waals surface area contributed by atoms with Gasteiger partial charge in [-0.1, -0.05) is 52.5 Å². The second-order valence-electron chi connectivity index (χ2n) is 6.37. The molecule has 6 nitrogen and oxygen atoms in total. The smallest absolute Gasteiger partial charge is 0.271 e. The number of alkyl halides is 4. The van der Waals surface area contributed by atoms with Crippen molar-refractivity contribution in [1.29, 1.82) is 0 Å². The van der Waals surface area contributed by atoms with Crippen molar-refractivity contribution in [1.82, 2.24) is 0 Å². The summed E-state index contributed by atoms with van der Waals surface area (Å²) in [5, 5.41) is 10.6. The van der Waals surface area contributed by atoms with Gasteiger partial charge in [0.15, 0.2) is 4.33 Å². The molecule has 4 atom stereocenters. The molecule has 1 aromatic carbocycles. The van der Waals surface area contributed by atoms with E-state index in [9.17, 15) is 19.7 Å². The van der Waals surface area contributed by atoms with Gasteiger partial charge in [0.05, 0.1) is 32.5 Å². The van der Waals surface area contributed by atoms with Gasteiger partial charge in [-0.15, -0.1) is 23.2 Å². The molecular weight excluding hydrogens is 485 g/mol. The number of hydrogen-bond acceptors (Lipinski definition) is 4. The van der Waals surface area contributed by atoms with Crippen LogP contribution in [0.3, 0.4) is 0 Å². The largest absolute Gasteiger partial charge is 0.274 e. The number of benzene rings is 1. The first kappa shape index (κ1) is 19.6. The molecule has 3 aliphatic rings. The molecule has 0 spiro atoms. The van der Waals surface area contributed by atoms with E-state index in [-0.39, 0.29) is 21.4 Å². The Morgan fingerprint density at radius 2 is 1.44 bits per heavy atom. The summed E-state index contributed by atoms with van der Waals surface area (Å²) in [6, 6.07) is 5.03. The number of allylic oxidation sites excluding steroid dienone is 2. The first-order valence-electron chi connectivity index (χ1n) is 7.36. The fourth-order valence-corrected chi connectivity index (χ4v) is 6.92. The number of nitro benzene ring substituents is 1. The Morgan fingerprint density at radius 1 is 0.963 bits per heavy atom. The molecule has 2 bridgehead atoms. The number of imide groups is 1. The summed E-state index contributed by atoms with van der Waals surface area (Å²) in [5.41, 5.74) is -0.303. The molecule has 2 fully saturated rings. The van der Waals surface area contributed by atoms with Crippen LogP contribution in [0, 0.1) is 22.0 Å². The Labute approximate surface area is 182 Å². The number of non-ortho nitro benzene ring substituents is 1. The zero-order chi connectivity index (χ0) is 20.1. The van der Waals surface area contributed by atoms with Gasteiger partial charge in [0, 0.05) is 12.1 Å². The van der Waals surface area contributed by atoms with E-state index in [1.54, 1.807) is 0 Å². The van der Waals surface area contributed by atoms with Crippen LogP contribution in [0.1, 0.15) is 0 Å². The predicted octanol–water partition coefficient (Wildman–Crippen LogP) is 4.55. The predicted molar refractivity (Wildman–Crippen MR) is 103 cm³/mol. The van der Waals surface area contributed by atoms with Crippen LogP contribution < -0.4 is 4.90 Å². The molecule has 27 heavy (non-hydrogen) atoms. The second-order valence-corrected chi connectivity index (χ2v) is 9.65. The summed E-state index contributed by atoms with van der Waals surface area (Å²) in [4.78, 5) is 33.5. The summed E-state index contributed by atoms with van der Waals surface area (Å²) < 4.78 is -2.02. The average molecular weight is 491 g/mol. The van der Waals surface area contributed by atoms with Crippen LogP contribution in [-0.4, -0.2) is 30.8 Å². The topological polar surface area (TPSA) is 80.5 Å². The lowest BCUT2D eigenvalue weighted by Crippen LogP contribution is -2.50. The zero-order valence-corrected chi connectivity index (χ0v) is 17.3. The van der Waals surface area contributed by atoms with Crippen LogP contribution in [-0.2, 0) is 9.59 Å². The number of anilines is 1. The minimum atomic E-state index is -2.02. The van der Waals surface area contributed by atoms with Crippen molar-refractivity contribution < 1.29 is 14.5 Å². The van der Waals surface area contributed by atoms with Crippen molar-refractivity contribution in [3.05, 3.63) is 44.4 Å². The zero-order valence-electron chi connectivity index (χ0n) is 12.8. The number of carbonyl (C=O) groups is 2. The molecule has 4 rings (SSSR count). The fourth-order valence-electron chi connectivity index (χ4n) is 4.00. The molecule has 1 heterocycles. The Kier molecular flexibility index (Phi) is 4.09. The van der Waals surface area contributed by atoms with Gasteiger partial charge < -0.3 is 0 Å². The standard InChI is InChI=1S/C15H6Cl6N2O4/c16-9-10(17)14(19)8-7(13(9,18)15(14,20)21)11(24)22(12(8)25)5-2-1-3-6(4-5)23(26)27/h1-4,7-8H/t7-,8+,13-,14-/m0/s1. The Balaban J connectivity index is 1.89. The van der Waals surface area contributed by atoms with E-state index in [0.717, 1.165) is 11.0 Å². The number of rotatable bonds is 2. The summed E-state index contributed by atoms with van der Waals surface area (Å²) in [6.07, 6.45) is 0. The Hall–Kier alpha value is -0.760. The SMILES string of the molecule is O=C1[C@@H]2[C@H](C(=O)N1c1cccc([N+](=O)[O-])c1)[C@]1(Cl)C(Cl)=C(Cl)[C@]2(Cl)C1(Cl)Cl. The first-order chi connectivity index (χ1) is 12.4. The van der Waals surface area contributed by atoms with Gasteiger partial charge >= 0.3 is 0 Å². The van der Waals surface area contributed by atoms with E-state index in [4.69, 9.17) is 69.6 Å². The summed E-state index contributed by atoms with van der Waals surface area (Å²) >= 11 is 38.3. The van der Waals surface area contributed by atoms with Gasteiger partial charge in [0.2, 0.25) is 11.8 Å². The van der Waals surface area contributed by atoms with E-state index in [0.29, 0.717) is 0 Å². The second kappa shape index (κ2) is 5.65. The van der Waals surface area contributed by atoms with E-state index in [1.165, 1.54) is 18.2 Å². The summed E-state index contributed by atoms with van der Waals surface area (Å²) in [6.45, 7) is 0. The quantitative estimate of drug-likeness (QED) is 0.264. The summed E-state index contributed by atoms with van der Waals surface area (Å²) in [5.74, 6) is -4.10. The van der Waals surface area contributed by atoms with Crippen LogP contribution in [0.2, 0.25) is 0 Å². The lowest BCUT2D eigenvalue weighted by Gasteiger charge is -2.34.